The molecule has 1 aliphatic carbocycles. The van der Waals surface area contributed by atoms with Crippen molar-refractivity contribution >= 4 is 6.09 Å². The van der Waals surface area contributed by atoms with Crippen LogP contribution in [0.4, 0.5) is 4.79 Å². The lowest BCUT2D eigenvalue weighted by molar-refractivity contribution is 0.00441. The van der Waals surface area contributed by atoms with Gasteiger partial charge in [-0.15, -0.1) is 0 Å². The van der Waals surface area contributed by atoms with Crippen LogP contribution in [0.15, 0.2) is 11.6 Å². The third-order valence-electron chi connectivity index (χ3n) is 9.27. The minimum atomic E-state index is -0.795. The fourth-order valence-electron chi connectivity index (χ4n) is 6.44. The lowest BCUT2D eigenvalue weighted by Crippen LogP contribution is -2.52. The molecule has 8 heteroatoms. The number of carbonyl (C=O) groups is 1. The van der Waals surface area contributed by atoms with Crippen molar-refractivity contribution in [3.63, 3.8) is 0 Å². The lowest BCUT2D eigenvalue weighted by Gasteiger charge is -2.41. The van der Waals surface area contributed by atoms with E-state index >= 15 is 0 Å². The predicted molar refractivity (Wildman–Crippen MR) is 133 cm³/mol. The summed E-state index contributed by atoms with van der Waals surface area (Å²) in [7, 11) is 0. The molecule has 36 heavy (non-hydrogen) atoms. The number of epoxide rings is 2. The molecule has 0 bridgehead atoms. The maximum atomic E-state index is 12.6. The first kappa shape index (κ1) is 25.5. The number of nitrogens with zero attached hydrogens (tertiary/aromatic N) is 4. The van der Waals surface area contributed by atoms with Gasteiger partial charge in [0.15, 0.2) is 0 Å². The van der Waals surface area contributed by atoms with Gasteiger partial charge in [-0.05, 0) is 84.6 Å². The Balaban J connectivity index is 0.965. The van der Waals surface area contributed by atoms with Crippen molar-refractivity contribution in [1.82, 2.24) is 9.80 Å². The molecule has 0 aromatic carbocycles. The van der Waals surface area contributed by atoms with E-state index in [2.05, 4.69) is 43.9 Å². The van der Waals surface area contributed by atoms with E-state index in [0.29, 0.717) is 18.8 Å². The number of carbonyl (C=O) groups excluding carboxylic acids is 1. The molecule has 5 fully saturated rings. The van der Waals surface area contributed by atoms with Crippen LogP contribution in [0, 0.1) is 34.0 Å². The van der Waals surface area contributed by atoms with Crippen molar-refractivity contribution in [2.24, 2.45) is 11.3 Å². The number of hydrogen-bond donors (Lipinski definition) is 0. The van der Waals surface area contributed by atoms with Gasteiger partial charge in [0.2, 0.25) is 0 Å². The molecule has 5 rings (SSSR count). The van der Waals surface area contributed by atoms with Gasteiger partial charge in [0, 0.05) is 26.2 Å². The molecule has 1 unspecified atom stereocenters. The van der Waals surface area contributed by atoms with Crippen molar-refractivity contribution < 1.29 is 19.0 Å². The van der Waals surface area contributed by atoms with E-state index in [1.807, 2.05) is 4.90 Å². The summed E-state index contributed by atoms with van der Waals surface area (Å²) in [5.41, 5.74) is 0.288. The smallest absolute Gasteiger partial charge is 0.410 e. The summed E-state index contributed by atoms with van der Waals surface area (Å²) in [5, 5.41) is 18.5. The van der Waals surface area contributed by atoms with Crippen molar-refractivity contribution in [3.05, 3.63) is 11.6 Å². The van der Waals surface area contributed by atoms with Gasteiger partial charge in [0.05, 0.1) is 23.8 Å². The number of ether oxygens (including phenoxy) is 3. The Labute approximate surface area is 215 Å². The molecular weight excluding hydrogens is 456 g/mol. The van der Waals surface area contributed by atoms with E-state index in [1.165, 1.54) is 5.57 Å². The molecule has 1 spiro atoms. The quantitative estimate of drug-likeness (QED) is 0.385. The number of likely N-dealkylation sites (tertiary alicyclic amines) is 2. The van der Waals surface area contributed by atoms with Crippen LogP contribution in [0.2, 0.25) is 0 Å². The summed E-state index contributed by atoms with van der Waals surface area (Å²) < 4.78 is 18.1. The van der Waals surface area contributed by atoms with Gasteiger partial charge in [-0.2, -0.15) is 10.5 Å². The van der Waals surface area contributed by atoms with Gasteiger partial charge in [0.1, 0.15) is 23.2 Å². The molecule has 0 radical (unpaired) electrons. The molecule has 0 aromatic heterocycles. The van der Waals surface area contributed by atoms with Crippen LogP contribution in [0.3, 0.4) is 0 Å². The SMILES string of the molecule is CC(C)=CC[C@H]1O[C@@]1(C)C1OC12CCC(OC(=O)N1CC(CCN3CCC(C#N)(C#N)CC3)C1)CC2. The average molecular weight is 497 g/mol. The Bertz CT molecular complexity index is 941. The highest BCUT2D eigenvalue weighted by molar-refractivity contribution is 5.68. The van der Waals surface area contributed by atoms with Crippen molar-refractivity contribution in [3.8, 4) is 12.1 Å². The second kappa shape index (κ2) is 9.63. The first-order valence-electron chi connectivity index (χ1n) is 13.7. The molecule has 196 valence electrons. The van der Waals surface area contributed by atoms with Crippen LogP contribution < -0.4 is 0 Å². The van der Waals surface area contributed by atoms with E-state index in [4.69, 9.17) is 14.2 Å². The van der Waals surface area contributed by atoms with Gasteiger partial charge >= 0.3 is 6.09 Å². The van der Waals surface area contributed by atoms with Crippen LogP contribution in [-0.2, 0) is 14.2 Å². The molecule has 4 saturated heterocycles. The number of nitriles is 2. The Kier molecular flexibility index (Phi) is 6.83. The zero-order chi connectivity index (χ0) is 25.6. The van der Waals surface area contributed by atoms with E-state index < -0.39 is 5.41 Å². The maximum Gasteiger partial charge on any atom is 0.410 e. The fourth-order valence-corrected chi connectivity index (χ4v) is 6.44. The molecule has 5 aliphatic rings. The molecule has 0 aromatic rings. The summed E-state index contributed by atoms with van der Waals surface area (Å²) in [5.74, 6) is 0.505. The normalized spacial score (nSPS) is 37.4. The van der Waals surface area contributed by atoms with Gasteiger partial charge in [-0.25, -0.2) is 4.79 Å². The highest BCUT2D eigenvalue weighted by atomic mass is 16.7. The minimum Gasteiger partial charge on any atom is -0.446 e. The molecule has 4 aliphatic heterocycles. The number of amides is 1. The van der Waals surface area contributed by atoms with Gasteiger partial charge in [0.25, 0.3) is 0 Å². The maximum absolute atomic E-state index is 12.6. The number of hydrogen-bond acceptors (Lipinski definition) is 7. The average Bonchev–Trinajstić information content (AvgIpc) is 3.74. The Morgan fingerprint density at radius 3 is 2.36 bits per heavy atom. The molecule has 0 N–H and O–H groups in total. The summed E-state index contributed by atoms with van der Waals surface area (Å²) >= 11 is 0. The monoisotopic (exact) mass is 496 g/mol. The molecule has 1 saturated carbocycles. The summed E-state index contributed by atoms with van der Waals surface area (Å²) in [6.07, 6.45) is 9.29. The van der Waals surface area contributed by atoms with Crippen LogP contribution in [0.1, 0.15) is 72.1 Å². The Morgan fingerprint density at radius 2 is 1.75 bits per heavy atom. The van der Waals surface area contributed by atoms with Crippen LogP contribution in [-0.4, -0.2) is 78.1 Å². The van der Waals surface area contributed by atoms with E-state index in [0.717, 1.165) is 71.2 Å². The van der Waals surface area contributed by atoms with Gasteiger partial charge < -0.3 is 24.0 Å². The van der Waals surface area contributed by atoms with Crippen LogP contribution in [0.5, 0.6) is 0 Å². The minimum absolute atomic E-state index is 0.0182. The Hall–Kier alpha value is -2.13. The van der Waals surface area contributed by atoms with Crippen molar-refractivity contribution in [2.75, 3.05) is 32.7 Å². The predicted octanol–water partition coefficient (Wildman–Crippen LogP) is 4.17. The third kappa shape index (κ3) is 5.01. The first-order chi connectivity index (χ1) is 17.2. The van der Waals surface area contributed by atoms with Gasteiger partial charge in [-0.3, -0.25) is 0 Å². The molecular formula is C28H40N4O4. The topological polar surface area (TPSA) is 105 Å². The molecule has 3 atom stereocenters. The standard InChI is InChI=1S/C28H40N4O4/c1-20(2)4-5-23-26(3,35-23)24-28(36-24)9-6-22(7-10-28)34-25(33)32-16-21(17-32)8-13-31-14-11-27(18-29,19-30)12-15-31/h4,21-24H,5-17H2,1-3H3/t22?,23-,24?,26-,28?/m1/s1. The second-order valence-electron chi connectivity index (χ2n) is 12.2. The number of allylic oxidation sites excluding steroid dienone is 1. The van der Waals surface area contributed by atoms with Gasteiger partial charge in [-0.1, -0.05) is 11.6 Å². The van der Waals surface area contributed by atoms with Crippen molar-refractivity contribution in [2.45, 2.75) is 102 Å². The van der Waals surface area contributed by atoms with E-state index in [1.54, 1.807) is 0 Å². The molecule has 4 heterocycles. The second-order valence-corrected chi connectivity index (χ2v) is 12.2. The molecule has 1 amide bonds. The van der Waals surface area contributed by atoms with E-state index in [9.17, 15) is 15.3 Å². The van der Waals surface area contributed by atoms with Crippen LogP contribution in [0.25, 0.3) is 0 Å². The first-order valence-corrected chi connectivity index (χ1v) is 13.7. The highest BCUT2D eigenvalue weighted by Crippen LogP contribution is 2.60. The zero-order valence-corrected chi connectivity index (χ0v) is 22.0. The fraction of sp³-hybridized carbons (Fsp3) is 0.821. The van der Waals surface area contributed by atoms with Crippen LogP contribution >= 0.6 is 0 Å². The molecule has 8 nitrogen and oxygen atoms in total. The summed E-state index contributed by atoms with van der Waals surface area (Å²) in [6, 6.07) is 4.39. The Morgan fingerprint density at radius 1 is 1.08 bits per heavy atom. The summed E-state index contributed by atoms with van der Waals surface area (Å²) in [6.45, 7) is 10.5. The highest BCUT2D eigenvalue weighted by Gasteiger charge is 2.73. The van der Waals surface area contributed by atoms with E-state index in [-0.39, 0.29) is 35.6 Å². The van der Waals surface area contributed by atoms with Crippen molar-refractivity contribution in [1.29, 1.82) is 10.5 Å². The third-order valence-corrected chi connectivity index (χ3v) is 9.27. The number of rotatable bonds is 7. The number of piperidine rings is 1. The zero-order valence-electron chi connectivity index (χ0n) is 22.0. The largest absolute Gasteiger partial charge is 0.446 e. The lowest BCUT2D eigenvalue weighted by atomic mass is 9.80. The summed E-state index contributed by atoms with van der Waals surface area (Å²) in [4.78, 5) is 16.8.